The largest absolute Gasteiger partial charge is 0.507 e. The van der Waals surface area contributed by atoms with Crippen LogP contribution in [0.25, 0.3) is 0 Å². The molecule has 9 heteroatoms. The number of hydrogen-bond donors (Lipinski definition) is 4. The quantitative estimate of drug-likeness (QED) is 0.154. The van der Waals surface area contributed by atoms with Crippen molar-refractivity contribution in [3.05, 3.63) is 105 Å². The topological polar surface area (TPSA) is 80.9 Å². The minimum Gasteiger partial charge on any atom is -0.507 e. The molecule has 0 aromatic heterocycles. The summed E-state index contributed by atoms with van der Waals surface area (Å²) >= 11 is 11.1. The average Bonchev–Trinajstić information content (AvgIpc) is 2.95. The van der Waals surface area contributed by atoms with E-state index in [2.05, 4.69) is 161 Å². The van der Waals surface area contributed by atoms with Crippen LogP contribution >= 0.6 is 113 Å². The molecule has 1 aliphatic carbocycles. The summed E-state index contributed by atoms with van der Waals surface area (Å²) in [6, 6.07) is 16.9. The van der Waals surface area contributed by atoms with Gasteiger partial charge in [0.2, 0.25) is 0 Å². The Bertz CT molecular complexity index is 1390. The second kappa shape index (κ2) is 12.5. The van der Waals surface area contributed by atoms with Crippen LogP contribution in [0.5, 0.6) is 23.0 Å². The lowest BCUT2D eigenvalue weighted by Crippen LogP contribution is -2.41. The molecule has 0 radical (unpaired) electrons. The molecule has 220 valence electrons. The van der Waals surface area contributed by atoms with Crippen LogP contribution in [-0.4, -0.2) is 20.4 Å². The fraction of sp³-hybridized carbons (Fsp3) is 0.273. The molecule has 0 aliphatic heterocycles. The number of aryl methyl sites for hydroxylation is 3. The van der Waals surface area contributed by atoms with E-state index in [1.54, 1.807) is 0 Å². The maximum absolute atomic E-state index is 10.7. The van der Waals surface area contributed by atoms with Crippen molar-refractivity contribution in [3.63, 3.8) is 0 Å². The zero-order valence-corrected chi connectivity index (χ0v) is 33.9. The summed E-state index contributed by atoms with van der Waals surface area (Å²) < 4.78 is 4.13. The Morgan fingerprint density at radius 1 is 0.405 bits per heavy atom. The monoisotopic (exact) mass is 1120 g/mol. The molecule has 0 bridgehead atoms. The first-order chi connectivity index (χ1) is 19.7. The molecule has 4 aromatic carbocycles. The second-order valence-corrected chi connectivity index (χ2v) is 17.1. The normalized spacial score (nSPS) is 16.0. The Balaban J connectivity index is 1.75. The number of phenols is 4. The summed E-state index contributed by atoms with van der Waals surface area (Å²) in [5, 5.41) is 42.6. The molecular weight excluding hydrogens is 1090 g/mol. The van der Waals surface area contributed by atoms with Crippen molar-refractivity contribution in [3.8, 4) is 23.0 Å². The Morgan fingerprint density at radius 3 is 0.857 bits per heavy atom. The van der Waals surface area contributed by atoms with E-state index < -0.39 is 0 Å². The van der Waals surface area contributed by atoms with Crippen LogP contribution in [0.15, 0.2) is 48.5 Å². The van der Waals surface area contributed by atoms with Gasteiger partial charge in [-0.3, -0.25) is 0 Å². The lowest BCUT2D eigenvalue weighted by Gasteiger charge is -2.48. The van der Waals surface area contributed by atoms with Crippen LogP contribution in [0.3, 0.4) is 0 Å². The standard InChI is InChI=1S/C33H29I5O4/c1-16-8-19(11-23(34)28(16)39)32(20-9-17(2)29(40)24(35)12-20)4-6-33(7-5-32,21-10-18(3)30(41)25(36)13-21)22-14-26(37)31(42)27(38)15-22/h8-15,39-42H,4-7H2,1-3H3. The smallest absolute Gasteiger partial charge is 0.142 e. The molecule has 0 heterocycles. The number of hydrogen-bond acceptors (Lipinski definition) is 4. The summed E-state index contributed by atoms with van der Waals surface area (Å²) in [6.07, 6.45) is 3.32. The van der Waals surface area contributed by atoms with E-state index in [-0.39, 0.29) is 10.8 Å². The van der Waals surface area contributed by atoms with Crippen molar-refractivity contribution < 1.29 is 20.4 Å². The van der Waals surface area contributed by atoms with E-state index in [1.807, 2.05) is 20.8 Å². The molecule has 1 fully saturated rings. The predicted molar refractivity (Wildman–Crippen MR) is 210 cm³/mol. The third-order valence-electron chi connectivity index (χ3n) is 8.95. The summed E-state index contributed by atoms with van der Waals surface area (Å²) in [7, 11) is 0. The van der Waals surface area contributed by atoms with Gasteiger partial charge >= 0.3 is 0 Å². The number of rotatable bonds is 4. The van der Waals surface area contributed by atoms with E-state index in [0.717, 1.165) is 65.8 Å². The number of aromatic hydroxyl groups is 4. The molecule has 0 saturated heterocycles. The first-order valence-electron chi connectivity index (χ1n) is 13.4. The third kappa shape index (κ3) is 5.76. The lowest BCUT2D eigenvalue weighted by molar-refractivity contribution is 0.255. The number of benzene rings is 4. The van der Waals surface area contributed by atoms with Gasteiger partial charge in [0.25, 0.3) is 0 Å². The highest BCUT2D eigenvalue weighted by Gasteiger charge is 2.47. The van der Waals surface area contributed by atoms with Crippen molar-refractivity contribution in [1.29, 1.82) is 0 Å². The zero-order chi connectivity index (χ0) is 30.7. The van der Waals surface area contributed by atoms with E-state index in [1.165, 1.54) is 16.7 Å². The lowest BCUT2D eigenvalue weighted by atomic mass is 9.55. The highest BCUT2D eigenvalue weighted by Crippen LogP contribution is 2.56. The predicted octanol–water partition coefficient (Wildman–Crippen LogP) is 10.3. The van der Waals surface area contributed by atoms with Crippen molar-refractivity contribution >= 4 is 113 Å². The van der Waals surface area contributed by atoms with Crippen molar-refractivity contribution in [2.24, 2.45) is 0 Å². The average molecular weight is 1120 g/mol. The third-order valence-corrected chi connectivity index (χ3v) is 13.1. The van der Waals surface area contributed by atoms with Gasteiger partial charge in [-0.05, 0) is 229 Å². The SMILES string of the molecule is Cc1cc(C2(c3cc(C)c(O)c(I)c3)CCC(c3cc(C)c(O)c(I)c3)(c3cc(I)c(O)c(I)c3)CC2)cc(I)c1O. The van der Waals surface area contributed by atoms with Crippen LogP contribution in [0, 0.1) is 38.6 Å². The van der Waals surface area contributed by atoms with Gasteiger partial charge in [0.1, 0.15) is 23.0 Å². The van der Waals surface area contributed by atoms with Crippen LogP contribution in [0.4, 0.5) is 0 Å². The van der Waals surface area contributed by atoms with Gasteiger partial charge in [-0.1, -0.05) is 18.2 Å². The molecule has 5 rings (SSSR count). The van der Waals surface area contributed by atoms with Crippen LogP contribution in [0.2, 0.25) is 0 Å². The molecule has 0 spiro atoms. The minimum atomic E-state index is -0.340. The van der Waals surface area contributed by atoms with Crippen molar-refractivity contribution in [2.75, 3.05) is 0 Å². The van der Waals surface area contributed by atoms with E-state index in [4.69, 9.17) is 0 Å². The van der Waals surface area contributed by atoms with Gasteiger partial charge < -0.3 is 20.4 Å². The highest BCUT2D eigenvalue weighted by atomic mass is 127. The van der Waals surface area contributed by atoms with E-state index >= 15 is 0 Å². The van der Waals surface area contributed by atoms with Gasteiger partial charge in [0.15, 0.2) is 0 Å². The van der Waals surface area contributed by atoms with Gasteiger partial charge in [0, 0.05) is 10.8 Å². The zero-order valence-electron chi connectivity index (χ0n) is 23.1. The maximum Gasteiger partial charge on any atom is 0.142 e. The molecule has 42 heavy (non-hydrogen) atoms. The van der Waals surface area contributed by atoms with Crippen molar-refractivity contribution in [1.82, 2.24) is 0 Å². The van der Waals surface area contributed by atoms with E-state index in [0.29, 0.717) is 23.0 Å². The fourth-order valence-electron chi connectivity index (χ4n) is 6.47. The summed E-state index contributed by atoms with van der Waals surface area (Å²) in [5.41, 5.74) is 6.55. The second-order valence-electron chi connectivity index (χ2n) is 11.3. The van der Waals surface area contributed by atoms with Gasteiger partial charge in [-0.15, -0.1) is 0 Å². The number of halogens is 5. The molecule has 0 atom stereocenters. The summed E-state index contributed by atoms with van der Waals surface area (Å²) in [5.74, 6) is 1.26. The van der Waals surface area contributed by atoms with Crippen molar-refractivity contribution in [2.45, 2.75) is 57.3 Å². The van der Waals surface area contributed by atoms with Gasteiger partial charge in [-0.25, -0.2) is 0 Å². The van der Waals surface area contributed by atoms with Crippen LogP contribution in [0.1, 0.15) is 64.6 Å². The molecule has 0 amide bonds. The summed E-state index contributed by atoms with van der Waals surface area (Å²) in [6.45, 7) is 5.86. The summed E-state index contributed by atoms with van der Waals surface area (Å²) in [4.78, 5) is 0. The Hall–Kier alpha value is -0.270. The minimum absolute atomic E-state index is 0.306. The Labute approximate surface area is 314 Å². The number of phenolic OH excluding ortho intramolecular Hbond substituents is 4. The molecule has 4 nitrogen and oxygen atoms in total. The molecule has 4 N–H and O–H groups in total. The van der Waals surface area contributed by atoms with Gasteiger partial charge in [-0.2, -0.15) is 0 Å². The highest BCUT2D eigenvalue weighted by molar-refractivity contribution is 14.1. The molecular formula is C33H29I5O4. The van der Waals surface area contributed by atoms with Crippen LogP contribution in [-0.2, 0) is 10.8 Å². The maximum atomic E-state index is 10.7. The molecule has 4 aromatic rings. The molecule has 0 unspecified atom stereocenters. The van der Waals surface area contributed by atoms with Gasteiger partial charge in [0.05, 0.1) is 17.9 Å². The first kappa shape index (κ1) is 33.1. The first-order valence-corrected chi connectivity index (χ1v) is 18.8. The molecule has 1 saturated carbocycles. The van der Waals surface area contributed by atoms with Crippen LogP contribution < -0.4 is 0 Å². The van der Waals surface area contributed by atoms with E-state index in [9.17, 15) is 20.4 Å². The Morgan fingerprint density at radius 2 is 0.619 bits per heavy atom. The Kier molecular flexibility index (Phi) is 9.85. The fourth-order valence-corrected chi connectivity index (χ4v) is 10.5. The molecule has 1 aliphatic rings.